The fourth-order valence-electron chi connectivity index (χ4n) is 0.986. The first kappa shape index (κ1) is 16.2. The predicted octanol–water partition coefficient (Wildman–Crippen LogP) is 2.48. The molecule has 0 spiro atoms. The molecule has 13 heavy (non-hydrogen) atoms. The zero-order valence-electron chi connectivity index (χ0n) is 7.80. The van der Waals surface area contributed by atoms with Crippen LogP contribution in [0.5, 0.6) is 0 Å². The molecule has 0 amide bonds. The number of hydrogen-bond acceptors (Lipinski definition) is 2. The fraction of sp³-hybridized carbons (Fsp3) is 1.00. The number of aliphatic hydroxyl groups is 1. The zero-order chi connectivity index (χ0) is 9.61. The molecule has 1 unspecified atom stereocenters. The lowest BCUT2D eigenvalue weighted by Gasteiger charge is -2.21. The second kappa shape index (κ2) is 8.13. The summed E-state index contributed by atoms with van der Waals surface area (Å²) in [5.74, 6) is 0. The third-order valence-corrected chi connectivity index (χ3v) is 2.38. The highest BCUT2D eigenvalue weighted by molar-refractivity contribution is 6.48. The quantitative estimate of drug-likeness (QED) is 0.712. The molecule has 0 saturated carbocycles. The average Bonchev–Trinajstić information content (AvgIpc) is 2.00. The molecule has 0 aromatic carbocycles. The van der Waals surface area contributed by atoms with E-state index < -0.39 is 4.33 Å². The van der Waals surface area contributed by atoms with Gasteiger partial charge in [-0.2, -0.15) is 0 Å². The van der Waals surface area contributed by atoms with Gasteiger partial charge in [0, 0.05) is 6.04 Å². The van der Waals surface area contributed by atoms with Gasteiger partial charge in [0.15, 0.2) is 0 Å². The Morgan fingerprint density at radius 1 is 1.46 bits per heavy atom. The van der Waals surface area contributed by atoms with Gasteiger partial charge in [-0.3, -0.25) is 0 Å². The normalized spacial score (nSPS) is 13.6. The first-order valence-electron chi connectivity index (χ1n) is 4.26. The van der Waals surface area contributed by atoms with Gasteiger partial charge in [0.05, 0.1) is 6.61 Å². The van der Waals surface area contributed by atoms with Crippen molar-refractivity contribution in [2.45, 2.75) is 43.0 Å². The van der Waals surface area contributed by atoms with Gasteiger partial charge in [0.2, 0.25) is 0 Å². The van der Waals surface area contributed by atoms with Crippen molar-refractivity contribution >= 4 is 35.6 Å². The van der Waals surface area contributed by atoms with E-state index in [1.165, 1.54) is 0 Å². The summed E-state index contributed by atoms with van der Waals surface area (Å²) < 4.78 is -0.766. The molecule has 0 fully saturated rings. The van der Waals surface area contributed by atoms with Gasteiger partial charge in [-0.1, -0.05) is 19.8 Å². The molecule has 0 aromatic heterocycles. The molecule has 0 aliphatic heterocycles. The van der Waals surface area contributed by atoms with Crippen LogP contribution in [-0.4, -0.2) is 22.1 Å². The highest BCUT2D eigenvalue weighted by Gasteiger charge is 2.25. The molecule has 5 heteroatoms. The molecular formula is C8H18Cl3NO. The van der Waals surface area contributed by atoms with Gasteiger partial charge in [-0.25, -0.2) is 0 Å². The zero-order valence-corrected chi connectivity index (χ0v) is 10.1. The number of alkyl halides is 2. The molecule has 0 radical (unpaired) electrons. The summed E-state index contributed by atoms with van der Waals surface area (Å²) >= 11 is 11.9. The van der Waals surface area contributed by atoms with Gasteiger partial charge in [0.25, 0.3) is 0 Å². The summed E-state index contributed by atoms with van der Waals surface area (Å²) in [6, 6.07) is -0.308. The van der Waals surface area contributed by atoms with Crippen LogP contribution in [0, 0.1) is 0 Å². The van der Waals surface area contributed by atoms with E-state index in [1.54, 1.807) is 0 Å². The topological polar surface area (TPSA) is 46.2 Å². The highest BCUT2D eigenvalue weighted by Crippen LogP contribution is 2.31. The lowest BCUT2D eigenvalue weighted by Crippen LogP contribution is -2.31. The number of unbranched alkanes of at least 4 members (excludes halogenated alkanes) is 1. The smallest absolute Gasteiger partial charge is 0.119 e. The summed E-state index contributed by atoms with van der Waals surface area (Å²) in [5.41, 5.74) is 5.51. The third kappa shape index (κ3) is 9.10. The number of aliphatic hydroxyl groups excluding tert-OH is 1. The number of rotatable bonds is 6. The van der Waals surface area contributed by atoms with E-state index in [-0.39, 0.29) is 25.1 Å². The maximum Gasteiger partial charge on any atom is 0.119 e. The van der Waals surface area contributed by atoms with Crippen LogP contribution < -0.4 is 5.73 Å². The summed E-state index contributed by atoms with van der Waals surface area (Å²) in [7, 11) is 0. The highest BCUT2D eigenvalue weighted by atomic mass is 35.5. The first-order valence-corrected chi connectivity index (χ1v) is 5.01. The van der Waals surface area contributed by atoms with Crippen molar-refractivity contribution in [2.75, 3.05) is 6.61 Å². The molecule has 0 saturated heterocycles. The summed E-state index contributed by atoms with van der Waals surface area (Å²) in [5, 5.41) is 8.68. The van der Waals surface area contributed by atoms with E-state index >= 15 is 0 Å². The lowest BCUT2D eigenvalue weighted by atomic mass is 10.1. The first-order chi connectivity index (χ1) is 5.52. The monoisotopic (exact) mass is 249 g/mol. The SMILES string of the molecule is CCCCC(Cl)(Cl)CC(N)CO.Cl. The van der Waals surface area contributed by atoms with Crippen LogP contribution >= 0.6 is 35.6 Å². The van der Waals surface area contributed by atoms with Crippen LogP contribution in [0.15, 0.2) is 0 Å². The molecule has 1 atom stereocenters. The Kier molecular flexibility index (Phi) is 10.1. The van der Waals surface area contributed by atoms with Gasteiger partial charge < -0.3 is 10.8 Å². The minimum atomic E-state index is -0.766. The van der Waals surface area contributed by atoms with Crippen LogP contribution in [0.1, 0.15) is 32.6 Å². The summed E-state index contributed by atoms with van der Waals surface area (Å²) in [4.78, 5) is 0. The Morgan fingerprint density at radius 3 is 2.38 bits per heavy atom. The lowest BCUT2D eigenvalue weighted by molar-refractivity contribution is 0.255. The maximum absolute atomic E-state index is 8.68. The molecule has 3 N–H and O–H groups in total. The molecule has 0 heterocycles. The summed E-state index contributed by atoms with van der Waals surface area (Å²) in [6.45, 7) is 2.02. The number of hydrogen-bond donors (Lipinski definition) is 2. The molecule has 0 aromatic rings. The van der Waals surface area contributed by atoms with Gasteiger partial charge in [0.1, 0.15) is 4.33 Å². The van der Waals surface area contributed by atoms with E-state index in [0.717, 1.165) is 19.3 Å². The van der Waals surface area contributed by atoms with Crippen LogP contribution in [0.2, 0.25) is 0 Å². The molecule has 0 aliphatic rings. The van der Waals surface area contributed by atoms with E-state index in [2.05, 4.69) is 6.92 Å². The van der Waals surface area contributed by atoms with Gasteiger partial charge in [-0.15, -0.1) is 35.6 Å². The van der Waals surface area contributed by atoms with Crippen molar-refractivity contribution in [1.82, 2.24) is 0 Å². The average molecular weight is 251 g/mol. The van der Waals surface area contributed by atoms with Crippen molar-refractivity contribution in [1.29, 1.82) is 0 Å². The van der Waals surface area contributed by atoms with Crippen LogP contribution in [0.4, 0.5) is 0 Å². The van der Waals surface area contributed by atoms with E-state index in [9.17, 15) is 0 Å². The Balaban J connectivity index is 0. The predicted molar refractivity (Wildman–Crippen MR) is 60.9 cm³/mol. The molecule has 82 valence electrons. The minimum absolute atomic E-state index is 0. The Hall–Kier alpha value is 0.790. The molecule has 0 rings (SSSR count). The molecule has 0 aliphatic carbocycles. The van der Waals surface area contributed by atoms with E-state index in [0.29, 0.717) is 6.42 Å². The second-order valence-corrected chi connectivity index (χ2v) is 4.75. The van der Waals surface area contributed by atoms with Crippen molar-refractivity contribution in [2.24, 2.45) is 5.73 Å². The van der Waals surface area contributed by atoms with Crippen LogP contribution in [-0.2, 0) is 0 Å². The van der Waals surface area contributed by atoms with Crippen molar-refractivity contribution in [3.05, 3.63) is 0 Å². The number of nitrogens with two attached hydrogens (primary N) is 1. The van der Waals surface area contributed by atoms with Gasteiger partial charge in [-0.05, 0) is 12.8 Å². The third-order valence-electron chi connectivity index (χ3n) is 1.69. The van der Waals surface area contributed by atoms with Crippen molar-refractivity contribution < 1.29 is 5.11 Å². The molecule has 0 bridgehead atoms. The molecule has 2 nitrogen and oxygen atoms in total. The molecular weight excluding hydrogens is 232 g/mol. The minimum Gasteiger partial charge on any atom is -0.395 e. The van der Waals surface area contributed by atoms with E-state index in [1.807, 2.05) is 0 Å². The summed E-state index contributed by atoms with van der Waals surface area (Å²) in [6.07, 6.45) is 3.24. The van der Waals surface area contributed by atoms with Crippen LogP contribution in [0.25, 0.3) is 0 Å². The van der Waals surface area contributed by atoms with Crippen molar-refractivity contribution in [3.63, 3.8) is 0 Å². The Bertz CT molecular complexity index is 122. The standard InChI is InChI=1S/C8H17Cl2NO.ClH/c1-2-3-4-8(9,10)5-7(11)6-12;/h7,12H,2-6,11H2,1H3;1H. The van der Waals surface area contributed by atoms with Crippen LogP contribution in [0.3, 0.4) is 0 Å². The Labute approximate surface area is 96.2 Å². The van der Waals surface area contributed by atoms with Crippen molar-refractivity contribution in [3.8, 4) is 0 Å². The maximum atomic E-state index is 8.68. The van der Waals surface area contributed by atoms with Gasteiger partial charge >= 0.3 is 0 Å². The second-order valence-electron chi connectivity index (χ2n) is 3.11. The largest absolute Gasteiger partial charge is 0.395 e. The Morgan fingerprint density at radius 2 is 2.00 bits per heavy atom. The number of halogens is 3. The fourth-order valence-corrected chi connectivity index (χ4v) is 1.65. The van der Waals surface area contributed by atoms with E-state index in [4.69, 9.17) is 34.0 Å².